The fourth-order valence-electron chi connectivity index (χ4n) is 4.26. The quantitative estimate of drug-likeness (QED) is 0.436. The Hall–Kier alpha value is -2.86. The Labute approximate surface area is 223 Å². The Morgan fingerprint density at radius 2 is 1.76 bits per heavy atom. The maximum Gasteiger partial charge on any atom is 0.416 e. The van der Waals surface area contributed by atoms with Crippen molar-refractivity contribution < 1.29 is 35.6 Å². The van der Waals surface area contributed by atoms with Crippen LogP contribution in [0.15, 0.2) is 42.5 Å². The van der Waals surface area contributed by atoms with Gasteiger partial charge in [-0.25, -0.2) is 12.8 Å². The molecule has 2 aromatic carbocycles. The molecule has 0 aliphatic heterocycles. The van der Waals surface area contributed by atoms with Crippen molar-refractivity contribution in [2.24, 2.45) is 0 Å². The summed E-state index contributed by atoms with van der Waals surface area (Å²) in [7, 11) is -4.32. The van der Waals surface area contributed by atoms with E-state index in [2.05, 4.69) is 5.32 Å². The van der Waals surface area contributed by atoms with E-state index in [1.54, 1.807) is 0 Å². The summed E-state index contributed by atoms with van der Waals surface area (Å²) in [6.45, 7) is 0.0825. The van der Waals surface area contributed by atoms with Crippen molar-refractivity contribution in [2.45, 2.75) is 57.4 Å². The molecule has 208 valence electrons. The van der Waals surface area contributed by atoms with Gasteiger partial charge in [-0.1, -0.05) is 42.6 Å². The lowest BCUT2D eigenvalue weighted by Gasteiger charge is -2.32. The first kappa shape index (κ1) is 29.7. The summed E-state index contributed by atoms with van der Waals surface area (Å²) >= 11 is 6.06. The molecule has 2 amide bonds. The monoisotopic (exact) mass is 577 g/mol. The molecule has 1 unspecified atom stereocenters. The molecule has 0 bridgehead atoms. The summed E-state index contributed by atoms with van der Waals surface area (Å²) < 4.78 is 80.1. The summed E-state index contributed by atoms with van der Waals surface area (Å²) in [5, 5.41) is 2.53. The fraction of sp³-hybridized carbons (Fsp3) is 0.440. The van der Waals surface area contributed by atoms with Gasteiger partial charge >= 0.3 is 6.18 Å². The highest BCUT2D eigenvalue weighted by molar-refractivity contribution is 7.92. The number of benzene rings is 2. The lowest BCUT2D eigenvalue weighted by molar-refractivity contribution is -0.139. The number of nitrogens with one attached hydrogen (secondary N) is 1. The van der Waals surface area contributed by atoms with Crippen LogP contribution in [0.5, 0.6) is 0 Å². The van der Waals surface area contributed by atoms with Crippen molar-refractivity contribution in [1.82, 2.24) is 10.2 Å². The molecular weight excluding hydrogens is 550 g/mol. The maximum absolute atomic E-state index is 14.5. The smallest absolute Gasteiger partial charge is 0.352 e. The highest BCUT2D eigenvalue weighted by atomic mass is 35.5. The van der Waals surface area contributed by atoms with Gasteiger partial charge in [-0.2, -0.15) is 13.2 Å². The number of halogens is 5. The maximum atomic E-state index is 14.5. The molecule has 0 spiro atoms. The van der Waals surface area contributed by atoms with Crippen LogP contribution in [0, 0.1) is 5.82 Å². The first-order valence-corrected chi connectivity index (χ1v) is 14.1. The van der Waals surface area contributed by atoms with Crippen LogP contribution in [0.1, 0.15) is 43.7 Å². The molecular formula is C25H28ClF4N3O4S. The van der Waals surface area contributed by atoms with E-state index in [9.17, 15) is 35.6 Å². The fourth-order valence-corrected chi connectivity index (χ4v) is 5.38. The molecule has 1 aliphatic rings. The predicted octanol–water partition coefficient (Wildman–Crippen LogP) is 4.74. The van der Waals surface area contributed by atoms with Crippen LogP contribution < -0.4 is 9.62 Å². The van der Waals surface area contributed by atoms with Crippen LogP contribution in [-0.4, -0.2) is 50.0 Å². The number of rotatable bonds is 9. The van der Waals surface area contributed by atoms with Crippen LogP contribution in [0.3, 0.4) is 0 Å². The molecule has 7 nitrogen and oxygen atoms in total. The normalized spacial score (nSPS) is 15.2. The zero-order chi connectivity index (χ0) is 28.3. The van der Waals surface area contributed by atoms with Crippen LogP contribution in [0.4, 0.5) is 23.2 Å². The van der Waals surface area contributed by atoms with E-state index in [4.69, 9.17) is 11.6 Å². The average Bonchev–Trinajstić information content (AvgIpc) is 3.33. The Bertz CT molecular complexity index is 1280. The minimum Gasteiger partial charge on any atom is -0.352 e. The molecule has 38 heavy (non-hydrogen) atoms. The van der Waals surface area contributed by atoms with E-state index >= 15 is 0 Å². The summed E-state index contributed by atoms with van der Waals surface area (Å²) in [6.07, 6.45) is -0.647. The lowest BCUT2D eigenvalue weighted by Crippen LogP contribution is -2.52. The van der Waals surface area contributed by atoms with Crippen molar-refractivity contribution in [3.05, 3.63) is 64.4 Å². The van der Waals surface area contributed by atoms with Crippen molar-refractivity contribution in [1.29, 1.82) is 0 Å². The third-order valence-electron chi connectivity index (χ3n) is 6.39. The van der Waals surface area contributed by atoms with E-state index in [0.29, 0.717) is 22.7 Å². The third kappa shape index (κ3) is 7.37. The van der Waals surface area contributed by atoms with E-state index in [0.717, 1.165) is 36.6 Å². The molecule has 0 radical (unpaired) electrons. The van der Waals surface area contributed by atoms with Crippen LogP contribution in [-0.2, 0) is 32.3 Å². The number of anilines is 1. The van der Waals surface area contributed by atoms with E-state index in [1.807, 2.05) is 0 Å². The second kappa shape index (κ2) is 11.9. The number of carbonyl (C=O) groups excluding carboxylic acids is 2. The highest BCUT2D eigenvalue weighted by Gasteiger charge is 2.35. The Balaban J connectivity index is 1.97. The van der Waals surface area contributed by atoms with Gasteiger partial charge in [-0.05, 0) is 44.0 Å². The zero-order valence-electron chi connectivity index (χ0n) is 20.8. The minimum absolute atomic E-state index is 0.0735. The molecule has 1 saturated carbocycles. The Kier molecular flexibility index (Phi) is 9.30. The van der Waals surface area contributed by atoms with Crippen LogP contribution in [0.25, 0.3) is 0 Å². The molecule has 1 fully saturated rings. The predicted molar refractivity (Wildman–Crippen MR) is 135 cm³/mol. The van der Waals surface area contributed by atoms with Gasteiger partial charge in [0, 0.05) is 18.2 Å². The van der Waals surface area contributed by atoms with E-state index in [-0.39, 0.29) is 23.2 Å². The first-order valence-electron chi connectivity index (χ1n) is 11.9. The molecule has 0 saturated heterocycles. The number of alkyl halides is 3. The number of hydrogen-bond donors (Lipinski definition) is 1. The molecule has 2 aromatic rings. The zero-order valence-corrected chi connectivity index (χ0v) is 22.3. The molecule has 0 heterocycles. The van der Waals surface area contributed by atoms with Gasteiger partial charge in [0.25, 0.3) is 0 Å². The number of sulfonamides is 1. The molecule has 0 aromatic heterocycles. The summed E-state index contributed by atoms with van der Waals surface area (Å²) in [5.74, 6) is -2.08. The number of amides is 2. The number of carbonyl (C=O) groups is 2. The van der Waals surface area contributed by atoms with Gasteiger partial charge in [0.1, 0.15) is 18.4 Å². The lowest BCUT2D eigenvalue weighted by atomic mass is 10.1. The van der Waals surface area contributed by atoms with Gasteiger partial charge in [-0.3, -0.25) is 13.9 Å². The number of nitrogens with zero attached hydrogens (tertiary/aromatic N) is 2. The van der Waals surface area contributed by atoms with Gasteiger partial charge < -0.3 is 10.2 Å². The first-order chi connectivity index (χ1) is 17.7. The highest BCUT2D eigenvalue weighted by Crippen LogP contribution is 2.36. The largest absolute Gasteiger partial charge is 0.416 e. The van der Waals surface area contributed by atoms with Gasteiger partial charge in [0.2, 0.25) is 21.8 Å². The molecule has 1 N–H and O–H groups in total. The second-order valence-electron chi connectivity index (χ2n) is 9.21. The Morgan fingerprint density at radius 3 is 2.34 bits per heavy atom. The van der Waals surface area contributed by atoms with Crippen molar-refractivity contribution in [2.75, 3.05) is 17.1 Å². The molecule has 1 aliphatic carbocycles. The summed E-state index contributed by atoms with van der Waals surface area (Å²) in [5.41, 5.74) is -1.64. The van der Waals surface area contributed by atoms with Gasteiger partial charge in [0.05, 0.1) is 22.5 Å². The van der Waals surface area contributed by atoms with Crippen LogP contribution in [0.2, 0.25) is 5.02 Å². The SMILES string of the molecule is CC(C(=O)NC1CCCC1)N(Cc1ccccc1F)C(=O)CN(c1cc(C(F)(F)F)ccc1Cl)S(C)(=O)=O. The standard InChI is InChI=1S/C25H28ClF4N3O4S/c1-16(24(35)31-19-8-4-5-9-19)32(14-17-7-3-6-10-21(17)27)23(34)15-33(38(2,36)37)22-13-18(25(28,29)30)11-12-20(22)26/h3,6-7,10-13,16,19H,4-5,8-9,14-15H2,1-2H3,(H,31,35). The van der Waals surface area contributed by atoms with E-state index < -0.39 is 57.7 Å². The topological polar surface area (TPSA) is 86.8 Å². The minimum atomic E-state index is -4.80. The third-order valence-corrected chi connectivity index (χ3v) is 7.83. The second-order valence-corrected chi connectivity index (χ2v) is 11.5. The average molecular weight is 578 g/mol. The van der Waals surface area contributed by atoms with Gasteiger partial charge in [-0.15, -0.1) is 0 Å². The summed E-state index contributed by atoms with van der Waals surface area (Å²) in [6, 6.07) is 6.46. The van der Waals surface area contributed by atoms with Crippen molar-refractivity contribution in [3.8, 4) is 0 Å². The molecule has 13 heteroatoms. The number of hydrogen-bond acceptors (Lipinski definition) is 4. The van der Waals surface area contributed by atoms with Crippen molar-refractivity contribution in [3.63, 3.8) is 0 Å². The Morgan fingerprint density at radius 1 is 1.13 bits per heavy atom. The van der Waals surface area contributed by atoms with Gasteiger partial charge in [0.15, 0.2) is 0 Å². The summed E-state index contributed by atoms with van der Waals surface area (Å²) in [4.78, 5) is 27.5. The van der Waals surface area contributed by atoms with Crippen LogP contribution >= 0.6 is 11.6 Å². The van der Waals surface area contributed by atoms with E-state index in [1.165, 1.54) is 31.2 Å². The molecule has 3 rings (SSSR count). The van der Waals surface area contributed by atoms with Crippen molar-refractivity contribution >= 4 is 39.1 Å². The molecule has 1 atom stereocenters.